The molecule has 0 heterocycles. The summed E-state index contributed by atoms with van der Waals surface area (Å²) in [5.74, 6) is 0. The second-order valence-corrected chi connectivity index (χ2v) is 5.49. The Morgan fingerprint density at radius 2 is 1.73 bits per heavy atom. The fourth-order valence-corrected chi connectivity index (χ4v) is 3.06. The van der Waals surface area contributed by atoms with Crippen LogP contribution < -0.4 is 0 Å². The molecule has 0 spiro atoms. The molecule has 15 heavy (non-hydrogen) atoms. The van der Waals surface area contributed by atoms with Gasteiger partial charge >= 0.3 is 7.60 Å². The first-order valence-electron chi connectivity index (χ1n) is 5.67. The summed E-state index contributed by atoms with van der Waals surface area (Å²) in [4.78, 5) is 0. The van der Waals surface area contributed by atoms with Crippen molar-refractivity contribution in [2.24, 2.45) is 0 Å². The van der Waals surface area contributed by atoms with E-state index in [9.17, 15) is 4.57 Å². The number of hydrogen-bond acceptors (Lipinski definition) is 3. The first kappa shape index (κ1) is 14.9. The first-order valence-corrected chi connectivity index (χ1v) is 7.40. The van der Waals surface area contributed by atoms with E-state index in [-0.39, 0.29) is 0 Å². The maximum absolute atomic E-state index is 12.0. The summed E-state index contributed by atoms with van der Waals surface area (Å²) in [5.41, 5.74) is 0. The molecule has 0 N–H and O–H groups in total. The number of rotatable bonds is 10. The largest absolute Gasteiger partial charge is 0.330 e. The zero-order chi connectivity index (χ0) is 11.6. The average molecular weight is 234 g/mol. The van der Waals surface area contributed by atoms with Crippen LogP contribution in [0, 0.1) is 0 Å². The van der Waals surface area contributed by atoms with Gasteiger partial charge in [0.1, 0.15) is 0 Å². The van der Waals surface area contributed by atoms with Gasteiger partial charge in [-0.1, -0.05) is 12.5 Å². The van der Waals surface area contributed by atoms with Crippen LogP contribution in [0.1, 0.15) is 39.5 Å². The van der Waals surface area contributed by atoms with Crippen LogP contribution >= 0.6 is 7.60 Å². The normalized spacial score (nSPS) is 11.6. The van der Waals surface area contributed by atoms with Crippen LogP contribution in [0.5, 0.6) is 0 Å². The van der Waals surface area contributed by atoms with Crippen LogP contribution in [0.15, 0.2) is 12.7 Å². The lowest BCUT2D eigenvalue weighted by Gasteiger charge is -2.16. The molecule has 0 amide bonds. The van der Waals surface area contributed by atoms with E-state index in [4.69, 9.17) is 9.05 Å². The van der Waals surface area contributed by atoms with Gasteiger partial charge in [-0.25, -0.2) is 0 Å². The summed E-state index contributed by atoms with van der Waals surface area (Å²) in [7, 11) is -2.79. The third-order valence-corrected chi connectivity index (χ3v) is 4.16. The average Bonchev–Trinajstić information content (AvgIpc) is 2.18. The van der Waals surface area contributed by atoms with E-state index in [0.717, 1.165) is 25.7 Å². The number of unbranched alkanes of at least 4 members (excludes halogenated alkanes) is 3. The summed E-state index contributed by atoms with van der Waals surface area (Å²) < 4.78 is 22.4. The van der Waals surface area contributed by atoms with Crippen LogP contribution in [-0.2, 0) is 13.6 Å². The molecule has 0 aromatic carbocycles. The molecule has 0 saturated heterocycles. The van der Waals surface area contributed by atoms with Gasteiger partial charge in [0.2, 0.25) is 0 Å². The standard InChI is InChI=1S/C11H23O3P/c1-4-7-8-9-10-11-15(12,13-5-2)14-6-3/h4H,1,5-11H2,2-3H3. The Balaban J connectivity index is 3.75. The predicted molar refractivity (Wildman–Crippen MR) is 64.4 cm³/mol. The Morgan fingerprint density at radius 3 is 2.20 bits per heavy atom. The van der Waals surface area contributed by atoms with Crippen molar-refractivity contribution in [3.05, 3.63) is 12.7 Å². The van der Waals surface area contributed by atoms with Gasteiger partial charge in [-0.2, -0.15) is 0 Å². The Morgan fingerprint density at radius 1 is 1.13 bits per heavy atom. The van der Waals surface area contributed by atoms with Crippen molar-refractivity contribution in [1.82, 2.24) is 0 Å². The Hall–Kier alpha value is -0.110. The second kappa shape index (κ2) is 9.14. The summed E-state index contributed by atoms with van der Waals surface area (Å²) in [6.45, 7) is 8.23. The van der Waals surface area contributed by atoms with Crippen molar-refractivity contribution in [1.29, 1.82) is 0 Å². The molecule has 0 bridgehead atoms. The van der Waals surface area contributed by atoms with Gasteiger partial charge in [0.25, 0.3) is 0 Å². The third-order valence-electron chi connectivity index (χ3n) is 1.99. The highest BCUT2D eigenvalue weighted by Crippen LogP contribution is 2.48. The Labute approximate surface area is 93.4 Å². The fourth-order valence-electron chi connectivity index (χ4n) is 1.33. The summed E-state index contributed by atoms with van der Waals surface area (Å²) in [6, 6.07) is 0. The van der Waals surface area contributed by atoms with Gasteiger partial charge in [-0.05, 0) is 33.1 Å². The van der Waals surface area contributed by atoms with Gasteiger partial charge in [0, 0.05) is 0 Å². The van der Waals surface area contributed by atoms with E-state index in [2.05, 4.69) is 6.58 Å². The molecule has 0 aliphatic carbocycles. The molecule has 0 radical (unpaired) electrons. The van der Waals surface area contributed by atoms with Crippen LogP contribution in [-0.4, -0.2) is 19.4 Å². The van der Waals surface area contributed by atoms with Gasteiger partial charge in [-0.3, -0.25) is 4.57 Å². The smallest absolute Gasteiger partial charge is 0.309 e. The van der Waals surface area contributed by atoms with Crippen LogP contribution in [0.4, 0.5) is 0 Å². The molecule has 0 aromatic rings. The van der Waals surface area contributed by atoms with Gasteiger partial charge in [-0.15, -0.1) is 6.58 Å². The molecule has 0 saturated carbocycles. The lowest BCUT2D eigenvalue weighted by atomic mass is 10.2. The molecule has 0 aromatic heterocycles. The highest BCUT2D eigenvalue weighted by molar-refractivity contribution is 7.53. The van der Waals surface area contributed by atoms with Crippen molar-refractivity contribution in [3.63, 3.8) is 0 Å². The van der Waals surface area contributed by atoms with Crippen molar-refractivity contribution in [3.8, 4) is 0 Å². The molecular formula is C11H23O3P. The van der Waals surface area contributed by atoms with Crippen LogP contribution in [0.25, 0.3) is 0 Å². The zero-order valence-electron chi connectivity index (χ0n) is 9.91. The highest BCUT2D eigenvalue weighted by Gasteiger charge is 2.22. The molecule has 90 valence electrons. The molecule has 0 aliphatic heterocycles. The topological polar surface area (TPSA) is 35.5 Å². The quantitative estimate of drug-likeness (QED) is 0.325. The second-order valence-electron chi connectivity index (χ2n) is 3.31. The predicted octanol–water partition coefficient (Wildman–Crippen LogP) is 4.00. The van der Waals surface area contributed by atoms with Crippen LogP contribution in [0.2, 0.25) is 0 Å². The monoisotopic (exact) mass is 234 g/mol. The van der Waals surface area contributed by atoms with Gasteiger partial charge < -0.3 is 9.05 Å². The van der Waals surface area contributed by atoms with Gasteiger partial charge in [0.15, 0.2) is 0 Å². The first-order chi connectivity index (χ1) is 7.18. The van der Waals surface area contributed by atoms with Crippen molar-refractivity contribution in [2.45, 2.75) is 39.5 Å². The highest BCUT2D eigenvalue weighted by atomic mass is 31.2. The SMILES string of the molecule is C=CCCCCCP(=O)(OCC)OCC. The van der Waals surface area contributed by atoms with Gasteiger partial charge in [0.05, 0.1) is 19.4 Å². The number of hydrogen-bond donors (Lipinski definition) is 0. The zero-order valence-corrected chi connectivity index (χ0v) is 10.8. The minimum atomic E-state index is -2.79. The minimum absolute atomic E-state index is 0.448. The minimum Gasteiger partial charge on any atom is -0.309 e. The molecule has 3 nitrogen and oxygen atoms in total. The van der Waals surface area contributed by atoms with Crippen LogP contribution in [0.3, 0.4) is 0 Å². The molecule has 4 heteroatoms. The summed E-state index contributed by atoms with van der Waals surface area (Å²) >= 11 is 0. The van der Waals surface area contributed by atoms with Crippen molar-refractivity contribution < 1.29 is 13.6 Å². The molecule has 0 atom stereocenters. The molecule has 0 aliphatic rings. The molecule has 0 fully saturated rings. The van der Waals surface area contributed by atoms with E-state index in [0.29, 0.717) is 19.4 Å². The maximum Gasteiger partial charge on any atom is 0.330 e. The Kier molecular flexibility index (Phi) is 9.07. The fraction of sp³-hybridized carbons (Fsp3) is 0.818. The van der Waals surface area contributed by atoms with E-state index < -0.39 is 7.60 Å². The van der Waals surface area contributed by atoms with E-state index in [1.54, 1.807) is 0 Å². The molecule has 0 rings (SSSR count). The maximum atomic E-state index is 12.0. The third kappa shape index (κ3) is 7.78. The van der Waals surface area contributed by atoms with E-state index in [1.807, 2.05) is 19.9 Å². The Bertz CT molecular complexity index is 194. The number of allylic oxidation sites excluding steroid dienone is 1. The summed E-state index contributed by atoms with van der Waals surface area (Å²) in [5, 5.41) is 0. The van der Waals surface area contributed by atoms with E-state index in [1.165, 1.54) is 0 Å². The summed E-state index contributed by atoms with van der Waals surface area (Å²) in [6.07, 6.45) is 6.51. The molecular weight excluding hydrogens is 211 g/mol. The lowest BCUT2D eigenvalue weighted by molar-refractivity contribution is 0.219. The van der Waals surface area contributed by atoms with E-state index >= 15 is 0 Å². The van der Waals surface area contributed by atoms with Crippen molar-refractivity contribution in [2.75, 3.05) is 19.4 Å². The molecule has 0 unspecified atom stereocenters. The lowest BCUT2D eigenvalue weighted by Crippen LogP contribution is -2.00. The van der Waals surface area contributed by atoms with Crippen molar-refractivity contribution >= 4 is 7.60 Å².